The largest absolute Gasteiger partial charge is 0.384 e. The topological polar surface area (TPSA) is 60.9 Å². The van der Waals surface area contributed by atoms with Crippen LogP contribution in [0, 0.1) is 5.92 Å². The van der Waals surface area contributed by atoms with E-state index in [1.807, 2.05) is 4.90 Å². The molecule has 0 radical (unpaired) electrons. The van der Waals surface area contributed by atoms with E-state index in [-0.39, 0.29) is 17.7 Å². The second-order valence-electron chi connectivity index (χ2n) is 5.60. The van der Waals surface area contributed by atoms with Crippen molar-refractivity contribution in [2.75, 3.05) is 26.2 Å². The summed E-state index contributed by atoms with van der Waals surface area (Å²) < 4.78 is 0. The maximum absolute atomic E-state index is 12.5. The fourth-order valence-corrected chi connectivity index (χ4v) is 2.76. The molecule has 1 atom stereocenters. The van der Waals surface area contributed by atoms with E-state index in [2.05, 4.69) is 13.8 Å². The van der Waals surface area contributed by atoms with Gasteiger partial charge in [-0.25, -0.2) is 0 Å². The summed E-state index contributed by atoms with van der Waals surface area (Å²) in [6.07, 6.45) is 2.98. The maximum Gasteiger partial charge on any atom is 0.251 e. The molecule has 1 saturated heterocycles. The second kappa shape index (κ2) is 8.25. The predicted molar refractivity (Wildman–Crippen MR) is 78.1 cm³/mol. The van der Waals surface area contributed by atoms with Crippen LogP contribution >= 0.6 is 0 Å². The Balaban J connectivity index is 2.51. The Bertz CT molecular complexity index is 317. The highest BCUT2D eigenvalue weighted by Gasteiger charge is 2.29. The first kappa shape index (κ1) is 17.0. The van der Waals surface area contributed by atoms with Crippen LogP contribution in [0.15, 0.2) is 0 Å². The van der Waals surface area contributed by atoms with E-state index >= 15 is 0 Å². The van der Waals surface area contributed by atoms with E-state index < -0.39 is 6.10 Å². The summed E-state index contributed by atoms with van der Waals surface area (Å²) in [4.78, 5) is 27.7. The van der Waals surface area contributed by atoms with Gasteiger partial charge in [-0.3, -0.25) is 9.59 Å². The van der Waals surface area contributed by atoms with Gasteiger partial charge in [-0.2, -0.15) is 0 Å². The monoisotopic (exact) mass is 284 g/mol. The molecule has 1 heterocycles. The highest BCUT2D eigenvalue weighted by Crippen LogP contribution is 2.18. The molecular weight excluding hydrogens is 256 g/mol. The Morgan fingerprint density at radius 3 is 1.70 bits per heavy atom. The number of hydrogen-bond donors (Lipinski definition) is 1. The molecule has 0 saturated carbocycles. The number of rotatable bonds is 6. The van der Waals surface area contributed by atoms with E-state index in [4.69, 9.17) is 0 Å². The van der Waals surface area contributed by atoms with Crippen LogP contribution in [-0.4, -0.2) is 59.0 Å². The summed E-state index contributed by atoms with van der Waals surface area (Å²) in [6, 6.07) is 0. The van der Waals surface area contributed by atoms with Crippen molar-refractivity contribution in [3.63, 3.8) is 0 Å². The molecule has 5 heteroatoms. The Morgan fingerprint density at radius 1 is 0.950 bits per heavy atom. The lowest BCUT2D eigenvalue weighted by molar-refractivity contribution is -0.146. The zero-order valence-corrected chi connectivity index (χ0v) is 13.0. The summed E-state index contributed by atoms with van der Waals surface area (Å²) >= 11 is 0. The van der Waals surface area contributed by atoms with Gasteiger partial charge >= 0.3 is 0 Å². The van der Waals surface area contributed by atoms with Crippen molar-refractivity contribution in [2.24, 2.45) is 5.92 Å². The standard InChI is InChI=1S/C15H28N2O3/c1-4-6-13(7-5-2)15(20)17-10-8-16(9-11-17)14(19)12(3)18/h12-13,18H,4-11H2,1-3H3. The van der Waals surface area contributed by atoms with Gasteiger partial charge in [0, 0.05) is 32.1 Å². The van der Waals surface area contributed by atoms with Crippen molar-refractivity contribution in [1.82, 2.24) is 9.80 Å². The Hall–Kier alpha value is -1.10. The smallest absolute Gasteiger partial charge is 0.251 e. The van der Waals surface area contributed by atoms with Crippen LogP contribution in [0.2, 0.25) is 0 Å². The third-order valence-electron chi connectivity index (χ3n) is 3.88. The zero-order valence-electron chi connectivity index (χ0n) is 13.0. The number of hydrogen-bond acceptors (Lipinski definition) is 3. The van der Waals surface area contributed by atoms with E-state index in [1.165, 1.54) is 6.92 Å². The summed E-state index contributed by atoms with van der Waals surface area (Å²) in [7, 11) is 0. The number of carbonyl (C=O) groups excluding carboxylic acids is 2. The molecule has 1 unspecified atom stereocenters. The Labute approximate surface area is 121 Å². The van der Waals surface area contributed by atoms with Crippen LogP contribution in [0.5, 0.6) is 0 Å². The van der Waals surface area contributed by atoms with Gasteiger partial charge in [0.1, 0.15) is 6.10 Å². The van der Waals surface area contributed by atoms with Gasteiger partial charge in [0.25, 0.3) is 5.91 Å². The number of carbonyl (C=O) groups is 2. The first-order chi connectivity index (χ1) is 9.51. The second-order valence-corrected chi connectivity index (χ2v) is 5.60. The molecule has 20 heavy (non-hydrogen) atoms. The molecule has 0 aromatic heterocycles. The third-order valence-corrected chi connectivity index (χ3v) is 3.88. The van der Waals surface area contributed by atoms with Crippen LogP contribution < -0.4 is 0 Å². The van der Waals surface area contributed by atoms with Crippen molar-refractivity contribution < 1.29 is 14.7 Å². The number of amides is 2. The molecule has 1 N–H and O–H groups in total. The molecule has 2 amide bonds. The van der Waals surface area contributed by atoms with Crippen molar-refractivity contribution in [3.8, 4) is 0 Å². The minimum Gasteiger partial charge on any atom is -0.384 e. The van der Waals surface area contributed by atoms with Crippen molar-refractivity contribution in [2.45, 2.75) is 52.6 Å². The van der Waals surface area contributed by atoms with Crippen LogP contribution in [0.4, 0.5) is 0 Å². The SMILES string of the molecule is CCCC(CCC)C(=O)N1CCN(C(=O)C(C)O)CC1. The van der Waals surface area contributed by atoms with Crippen LogP contribution in [0.25, 0.3) is 0 Å². The normalized spacial score (nSPS) is 17.4. The molecule has 1 rings (SSSR count). The van der Waals surface area contributed by atoms with Crippen LogP contribution in [0.1, 0.15) is 46.5 Å². The predicted octanol–water partition coefficient (Wildman–Crippen LogP) is 1.25. The van der Waals surface area contributed by atoms with E-state index in [9.17, 15) is 14.7 Å². The lowest BCUT2D eigenvalue weighted by Crippen LogP contribution is -2.53. The van der Waals surface area contributed by atoms with Gasteiger partial charge in [0.15, 0.2) is 0 Å². The molecule has 0 aromatic carbocycles. The average molecular weight is 284 g/mol. The van der Waals surface area contributed by atoms with E-state index in [1.54, 1.807) is 4.90 Å². The van der Waals surface area contributed by atoms with Gasteiger partial charge in [0.2, 0.25) is 5.91 Å². The summed E-state index contributed by atoms with van der Waals surface area (Å²) in [5.41, 5.74) is 0. The van der Waals surface area contributed by atoms with Crippen molar-refractivity contribution in [3.05, 3.63) is 0 Å². The van der Waals surface area contributed by atoms with E-state index in [0.717, 1.165) is 25.7 Å². The first-order valence-corrected chi connectivity index (χ1v) is 7.76. The minimum atomic E-state index is -0.954. The summed E-state index contributed by atoms with van der Waals surface area (Å²) in [5, 5.41) is 9.30. The molecule has 0 bridgehead atoms. The third kappa shape index (κ3) is 4.47. The molecule has 0 spiro atoms. The Morgan fingerprint density at radius 2 is 1.35 bits per heavy atom. The molecule has 0 aliphatic carbocycles. The van der Waals surface area contributed by atoms with E-state index in [0.29, 0.717) is 26.2 Å². The van der Waals surface area contributed by atoms with Gasteiger partial charge in [-0.1, -0.05) is 26.7 Å². The summed E-state index contributed by atoms with van der Waals surface area (Å²) in [5.74, 6) is 0.123. The highest BCUT2D eigenvalue weighted by atomic mass is 16.3. The van der Waals surface area contributed by atoms with Gasteiger partial charge in [-0.05, 0) is 19.8 Å². The molecule has 0 aromatic rings. The quantitative estimate of drug-likeness (QED) is 0.798. The number of piperazine rings is 1. The van der Waals surface area contributed by atoms with Crippen LogP contribution in [-0.2, 0) is 9.59 Å². The molecule has 5 nitrogen and oxygen atoms in total. The maximum atomic E-state index is 12.5. The summed E-state index contributed by atoms with van der Waals surface area (Å²) in [6.45, 7) is 7.92. The highest BCUT2D eigenvalue weighted by molar-refractivity contribution is 5.81. The lowest BCUT2D eigenvalue weighted by Gasteiger charge is -2.37. The average Bonchev–Trinajstić information content (AvgIpc) is 2.45. The zero-order chi connectivity index (χ0) is 15.1. The van der Waals surface area contributed by atoms with Crippen molar-refractivity contribution >= 4 is 11.8 Å². The van der Waals surface area contributed by atoms with Crippen molar-refractivity contribution in [1.29, 1.82) is 0 Å². The first-order valence-electron chi connectivity index (χ1n) is 7.76. The molecule has 116 valence electrons. The molecular formula is C15H28N2O3. The fourth-order valence-electron chi connectivity index (χ4n) is 2.76. The Kier molecular flexibility index (Phi) is 6.99. The minimum absolute atomic E-state index is 0.129. The fraction of sp³-hybridized carbons (Fsp3) is 0.867. The lowest BCUT2D eigenvalue weighted by atomic mass is 9.96. The number of nitrogens with zero attached hydrogens (tertiary/aromatic N) is 2. The molecule has 1 fully saturated rings. The molecule has 1 aliphatic heterocycles. The van der Waals surface area contributed by atoms with Gasteiger partial charge in [0.05, 0.1) is 0 Å². The van der Waals surface area contributed by atoms with Gasteiger partial charge < -0.3 is 14.9 Å². The number of aliphatic hydroxyl groups excluding tert-OH is 1. The molecule has 1 aliphatic rings. The number of aliphatic hydroxyl groups is 1. The van der Waals surface area contributed by atoms with Gasteiger partial charge in [-0.15, -0.1) is 0 Å². The van der Waals surface area contributed by atoms with Crippen LogP contribution in [0.3, 0.4) is 0 Å².